The molecule has 0 spiro atoms. The van der Waals surface area contributed by atoms with Crippen LogP contribution in [-0.2, 0) is 12.6 Å². The molecule has 0 saturated heterocycles. The van der Waals surface area contributed by atoms with Crippen LogP contribution in [0.3, 0.4) is 0 Å². The molecule has 1 atom stereocenters. The van der Waals surface area contributed by atoms with E-state index in [1.807, 2.05) is 18.2 Å². The summed E-state index contributed by atoms with van der Waals surface area (Å²) < 4.78 is 58.2. The van der Waals surface area contributed by atoms with Crippen molar-refractivity contribution in [2.24, 2.45) is 0 Å². The molecule has 0 aliphatic carbocycles. The standard InChI is InChI=1S/C31H22ClF4N3O3/c1-17-37-30(42-39-17)27(16-20-4-2-3-5-23(20)21-8-12-26(33)25(32)15-21)38-29(41)24-14-19(9-13-28(24)40)18-6-10-22(11-7-18)31(34,35)36/h2-15,27,40H,16H2,1H3,(H,38,41). The van der Waals surface area contributed by atoms with Crippen molar-refractivity contribution in [3.05, 3.63) is 124 Å². The summed E-state index contributed by atoms with van der Waals surface area (Å²) in [5.74, 6) is -1.10. The van der Waals surface area contributed by atoms with Gasteiger partial charge in [-0.2, -0.15) is 18.2 Å². The maximum absolute atomic E-state index is 13.8. The van der Waals surface area contributed by atoms with Gasteiger partial charge in [0.2, 0.25) is 5.89 Å². The first kappa shape index (κ1) is 28.8. The first-order valence-electron chi connectivity index (χ1n) is 12.6. The number of carbonyl (C=O) groups is 1. The predicted octanol–water partition coefficient (Wildman–Crippen LogP) is 7.94. The molecule has 11 heteroatoms. The van der Waals surface area contributed by atoms with E-state index >= 15 is 0 Å². The zero-order valence-corrected chi connectivity index (χ0v) is 22.7. The average Bonchev–Trinajstić information content (AvgIpc) is 3.40. The second-order valence-electron chi connectivity index (χ2n) is 9.50. The molecule has 0 radical (unpaired) electrons. The molecule has 0 aliphatic heterocycles. The predicted molar refractivity (Wildman–Crippen MR) is 148 cm³/mol. The summed E-state index contributed by atoms with van der Waals surface area (Å²) in [5.41, 5.74) is 2.09. The van der Waals surface area contributed by atoms with Crippen LogP contribution in [0.2, 0.25) is 5.02 Å². The molecule has 2 N–H and O–H groups in total. The summed E-state index contributed by atoms with van der Waals surface area (Å²) in [4.78, 5) is 17.8. The highest BCUT2D eigenvalue weighted by atomic mass is 35.5. The van der Waals surface area contributed by atoms with Crippen LogP contribution in [0.25, 0.3) is 22.3 Å². The molecule has 42 heavy (non-hydrogen) atoms. The SMILES string of the molecule is Cc1noc(C(Cc2ccccc2-c2ccc(F)c(Cl)c2)NC(=O)c2cc(-c3ccc(C(F)(F)F)cc3)ccc2O)n1. The quantitative estimate of drug-likeness (QED) is 0.186. The van der Waals surface area contributed by atoms with Crippen molar-refractivity contribution < 1.29 is 32.0 Å². The van der Waals surface area contributed by atoms with E-state index in [9.17, 15) is 27.5 Å². The fourth-order valence-electron chi connectivity index (χ4n) is 4.50. The maximum Gasteiger partial charge on any atom is 0.416 e. The minimum absolute atomic E-state index is 0.0388. The molecule has 1 heterocycles. The second kappa shape index (κ2) is 11.7. The van der Waals surface area contributed by atoms with E-state index in [1.165, 1.54) is 42.5 Å². The van der Waals surface area contributed by atoms with Crippen LogP contribution in [0, 0.1) is 12.7 Å². The Hall–Kier alpha value is -4.70. The lowest BCUT2D eigenvalue weighted by molar-refractivity contribution is -0.137. The fraction of sp³-hybridized carbons (Fsp3) is 0.129. The van der Waals surface area contributed by atoms with E-state index in [0.29, 0.717) is 22.5 Å². The highest BCUT2D eigenvalue weighted by Crippen LogP contribution is 2.33. The Bertz CT molecular complexity index is 1750. The molecular weight excluding hydrogens is 574 g/mol. The highest BCUT2D eigenvalue weighted by Gasteiger charge is 2.30. The monoisotopic (exact) mass is 595 g/mol. The molecule has 0 saturated carbocycles. The van der Waals surface area contributed by atoms with Crippen LogP contribution in [0.15, 0.2) is 89.5 Å². The van der Waals surface area contributed by atoms with E-state index in [1.54, 1.807) is 19.1 Å². The van der Waals surface area contributed by atoms with Crippen molar-refractivity contribution >= 4 is 17.5 Å². The van der Waals surface area contributed by atoms with Gasteiger partial charge in [-0.15, -0.1) is 0 Å². The van der Waals surface area contributed by atoms with Gasteiger partial charge in [-0.05, 0) is 71.1 Å². The maximum atomic E-state index is 13.8. The van der Waals surface area contributed by atoms with Crippen molar-refractivity contribution in [1.82, 2.24) is 15.5 Å². The molecule has 6 nitrogen and oxygen atoms in total. The molecule has 214 valence electrons. The van der Waals surface area contributed by atoms with Crippen LogP contribution >= 0.6 is 11.6 Å². The third-order valence-corrected chi connectivity index (χ3v) is 6.90. The highest BCUT2D eigenvalue weighted by molar-refractivity contribution is 6.31. The van der Waals surface area contributed by atoms with Crippen LogP contribution in [0.5, 0.6) is 5.75 Å². The number of rotatable bonds is 7. The largest absolute Gasteiger partial charge is 0.507 e. The van der Waals surface area contributed by atoms with E-state index in [-0.39, 0.29) is 28.6 Å². The van der Waals surface area contributed by atoms with Crippen LogP contribution in [0.1, 0.15) is 39.2 Å². The molecule has 1 unspecified atom stereocenters. The number of phenolic OH excluding ortho intramolecular Hbond substituents is 1. The molecule has 0 fully saturated rings. The summed E-state index contributed by atoms with van der Waals surface area (Å²) >= 11 is 6.02. The van der Waals surface area contributed by atoms with Crippen molar-refractivity contribution in [2.75, 3.05) is 0 Å². The normalized spacial score (nSPS) is 12.2. The molecule has 5 aromatic rings. The number of nitrogens with one attached hydrogen (secondary N) is 1. The lowest BCUT2D eigenvalue weighted by Crippen LogP contribution is -2.30. The number of hydrogen-bond acceptors (Lipinski definition) is 5. The first-order valence-corrected chi connectivity index (χ1v) is 13.0. The van der Waals surface area contributed by atoms with Gasteiger partial charge in [-0.25, -0.2) is 4.39 Å². The summed E-state index contributed by atoms with van der Waals surface area (Å²) in [6, 6.07) is 19.5. The Balaban J connectivity index is 1.46. The summed E-state index contributed by atoms with van der Waals surface area (Å²) in [6.45, 7) is 1.62. The number of phenols is 1. The first-order chi connectivity index (χ1) is 20.0. The smallest absolute Gasteiger partial charge is 0.416 e. The fourth-order valence-corrected chi connectivity index (χ4v) is 4.68. The van der Waals surface area contributed by atoms with Gasteiger partial charge in [0, 0.05) is 6.42 Å². The summed E-state index contributed by atoms with van der Waals surface area (Å²) in [7, 11) is 0. The zero-order valence-electron chi connectivity index (χ0n) is 21.9. The minimum Gasteiger partial charge on any atom is -0.507 e. The van der Waals surface area contributed by atoms with Crippen molar-refractivity contribution in [3.8, 4) is 28.0 Å². The van der Waals surface area contributed by atoms with Crippen molar-refractivity contribution in [2.45, 2.75) is 25.6 Å². The van der Waals surface area contributed by atoms with Gasteiger partial charge >= 0.3 is 6.18 Å². The number of aromatic nitrogens is 2. The minimum atomic E-state index is -4.48. The topological polar surface area (TPSA) is 88.2 Å². The Labute approximate surface area is 242 Å². The Morgan fingerprint density at radius 3 is 2.33 bits per heavy atom. The molecule has 1 amide bonds. The number of aromatic hydroxyl groups is 1. The number of carbonyl (C=O) groups excluding carboxylic acids is 1. The number of hydrogen-bond donors (Lipinski definition) is 2. The van der Waals surface area contributed by atoms with E-state index in [0.717, 1.165) is 23.3 Å². The van der Waals surface area contributed by atoms with Gasteiger partial charge in [0.1, 0.15) is 17.6 Å². The van der Waals surface area contributed by atoms with E-state index in [4.69, 9.17) is 16.1 Å². The molecule has 5 rings (SSSR count). The van der Waals surface area contributed by atoms with Gasteiger partial charge in [-0.1, -0.05) is 65.3 Å². The Morgan fingerprint density at radius 1 is 0.976 bits per heavy atom. The molecule has 1 aromatic heterocycles. The van der Waals surface area contributed by atoms with Crippen molar-refractivity contribution in [1.29, 1.82) is 0 Å². The van der Waals surface area contributed by atoms with Crippen LogP contribution < -0.4 is 5.32 Å². The number of halogens is 5. The van der Waals surface area contributed by atoms with Crippen LogP contribution in [-0.4, -0.2) is 21.2 Å². The van der Waals surface area contributed by atoms with Gasteiger partial charge in [0.15, 0.2) is 5.82 Å². The third-order valence-electron chi connectivity index (χ3n) is 6.61. The third kappa shape index (κ3) is 6.28. The van der Waals surface area contributed by atoms with Crippen molar-refractivity contribution in [3.63, 3.8) is 0 Å². The average molecular weight is 596 g/mol. The van der Waals surface area contributed by atoms with Crippen LogP contribution in [0.4, 0.5) is 17.6 Å². The number of alkyl halides is 3. The zero-order chi connectivity index (χ0) is 30.0. The number of benzene rings is 4. The van der Waals surface area contributed by atoms with E-state index in [2.05, 4.69) is 15.5 Å². The van der Waals surface area contributed by atoms with Gasteiger partial charge in [-0.3, -0.25) is 4.79 Å². The molecule has 0 aliphatic rings. The molecular formula is C31H22ClF4N3O3. The van der Waals surface area contributed by atoms with Gasteiger partial charge < -0.3 is 14.9 Å². The molecule has 4 aromatic carbocycles. The number of aryl methyl sites for hydroxylation is 1. The van der Waals surface area contributed by atoms with E-state index < -0.39 is 29.5 Å². The number of nitrogens with zero attached hydrogens (tertiary/aromatic N) is 2. The lowest BCUT2D eigenvalue weighted by Gasteiger charge is -2.18. The number of amides is 1. The Kier molecular flexibility index (Phi) is 8.00. The molecule has 0 bridgehead atoms. The van der Waals surface area contributed by atoms with Gasteiger partial charge in [0.25, 0.3) is 5.91 Å². The Morgan fingerprint density at radius 2 is 1.67 bits per heavy atom. The summed E-state index contributed by atoms with van der Waals surface area (Å²) in [6.07, 6.45) is -4.31. The van der Waals surface area contributed by atoms with Gasteiger partial charge in [0.05, 0.1) is 16.1 Å². The second-order valence-corrected chi connectivity index (χ2v) is 9.91. The summed E-state index contributed by atoms with van der Waals surface area (Å²) in [5, 5.41) is 17.1. The lowest BCUT2D eigenvalue weighted by atomic mass is 9.94.